The normalized spacial score (nSPS) is 18.9. The average Bonchev–Trinajstić information content (AvgIpc) is 3.59. The van der Waals surface area contributed by atoms with E-state index < -0.39 is 17.6 Å². The first-order valence-corrected chi connectivity index (χ1v) is 10.5. The summed E-state index contributed by atoms with van der Waals surface area (Å²) in [6.45, 7) is 0.884. The van der Waals surface area contributed by atoms with Gasteiger partial charge in [-0.2, -0.15) is 13.2 Å². The second-order valence-corrected chi connectivity index (χ2v) is 8.22. The highest BCUT2D eigenvalue weighted by molar-refractivity contribution is 6.33. The maximum atomic E-state index is 12.9. The van der Waals surface area contributed by atoms with Gasteiger partial charge >= 0.3 is 6.18 Å². The number of rotatable bonds is 5. The van der Waals surface area contributed by atoms with Crippen LogP contribution in [0.2, 0.25) is 5.02 Å². The molecule has 2 aliphatic rings. The van der Waals surface area contributed by atoms with Crippen molar-refractivity contribution in [3.05, 3.63) is 40.8 Å². The first-order valence-electron chi connectivity index (χ1n) is 10.1. The van der Waals surface area contributed by atoms with Gasteiger partial charge in [0.1, 0.15) is 11.5 Å². The highest BCUT2D eigenvalue weighted by atomic mass is 35.5. The Morgan fingerprint density at radius 3 is 2.66 bits per heavy atom. The van der Waals surface area contributed by atoms with E-state index in [4.69, 9.17) is 11.6 Å². The number of hydrogen-bond donors (Lipinski definition) is 2. The Bertz CT molecular complexity index is 1030. The van der Waals surface area contributed by atoms with Crippen molar-refractivity contribution in [2.24, 2.45) is 5.92 Å². The van der Waals surface area contributed by atoms with Gasteiger partial charge in [0.15, 0.2) is 0 Å². The predicted molar refractivity (Wildman–Crippen MR) is 110 cm³/mol. The second kappa shape index (κ2) is 8.89. The smallest absolute Gasteiger partial charge is 0.353 e. The summed E-state index contributed by atoms with van der Waals surface area (Å²) in [5.41, 5.74) is -0.810. The van der Waals surface area contributed by atoms with Gasteiger partial charge in [-0.25, -0.2) is 15.0 Å². The van der Waals surface area contributed by atoms with Gasteiger partial charge in [-0.3, -0.25) is 14.9 Å². The number of nitrogens with zero attached hydrogens (tertiary/aromatic N) is 4. The molecule has 1 saturated heterocycles. The van der Waals surface area contributed by atoms with Gasteiger partial charge in [0.25, 0.3) is 5.91 Å². The van der Waals surface area contributed by atoms with Gasteiger partial charge in [-0.1, -0.05) is 11.6 Å². The molecule has 0 unspecified atom stereocenters. The van der Waals surface area contributed by atoms with Crippen LogP contribution in [0.5, 0.6) is 0 Å². The molecule has 4 rings (SSSR count). The van der Waals surface area contributed by atoms with Crippen LogP contribution in [0.25, 0.3) is 0 Å². The van der Waals surface area contributed by atoms with Crippen molar-refractivity contribution < 1.29 is 22.8 Å². The fourth-order valence-corrected chi connectivity index (χ4v) is 3.75. The number of carbonyl (C=O) groups excluding carboxylic acids is 2. The fourth-order valence-electron chi connectivity index (χ4n) is 3.47. The maximum Gasteiger partial charge on any atom is 0.417 e. The molecule has 12 heteroatoms. The number of anilines is 2. The zero-order valence-electron chi connectivity index (χ0n) is 16.8. The molecule has 1 aliphatic heterocycles. The zero-order valence-corrected chi connectivity index (χ0v) is 17.6. The van der Waals surface area contributed by atoms with Crippen LogP contribution in [0.15, 0.2) is 24.5 Å². The van der Waals surface area contributed by atoms with Crippen molar-refractivity contribution in [1.29, 1.82) is 0 Å². The lowest BCUT2D eigenvalue weighted by Gasteiger charge is -2.34. The first kappa shape index (κ1) is 22.3. The predicted octanol–water partition coefficient (Wildman–Crippen LogP) is 3.29. The van der Waals surface area contributed by atoms with Crippen molar-refractivity contribution >= 4 is 35.2 Å². The van der Waals surface area contributed by atoms with Crippen molar-refractivity contribution in [3.8, 4) is 0 Å². The van der Waals surface area contributed by atoms with Crippen LogP contribution in [0, 0.1) is 5.92 Å². The molecule has 8 nitrogen and oxygen atoms in total. The highest BCUT2D eigenvalue weighted by Gasteiger charge is 2.33. The van der Waals surface area contributed by atoms with E-state index in [2.05, 4.69) is 25.6 Å². The number of nitrogens with one attached hydrogen (secondary N) is 2. The number of amides is 2. The minimum atomic E-state index is -4.53. The van der Waals surface area contributed by atoms with E-state index in [1.807, 2.05) is 0 Å². The van der Waals surface area contributed by atoms with Gasteiger partial charge in [0.2, 0.25) is 11.9 Å². The van der Waals surface area contributed by atoms with Gasteiger partial charge in [-0.15, -0.1) is 0 Å². The Hall–Kier alpha value is -2.95. The average molecular weight is 469 g/mol. The van der Waals surface area contributed by atoms with Crippen LogP contribution in [-0.2, 0) is 11.0 Å². The van der Waals surface area contributed by atoms with Crippen LogP contribution < -0.4 is 15.5 Å². The van der Waals surface area contributed by atoms with E-state index in [0.717, 1.165) is 25.1 Å². The van der Waals surface area contributed by atoms with E-state index in [9.17, 15) is 22.8 Å². The van der Waals surface area contributed by atoms with Crippen LogP contribution >= 0.6 is 11.6 Å². The molecule has 3 heterocycles. The highest BCUT2D eigenvalue weighted by Crippen LogP contribution is 2.34. The van der Waals surface area contributed by atoms with E-state index in [0.29, 0.717) is 25.9 Å². The zero-order chi connectivity index (χ0) is 22.9. The Morgan fingerprint density at radius 2 is 1.97 bits per heavy atom. The monoisotopic (exact) mass is 468 g/mol. The summed E-state index contributed by atoms with van der Waals surface area (Å²) < 4.78 is 38.6. The molecule has 2 aromatic heterocycles. The molecule has 0 spiro atoms. The van der Waals surface area contributed by atoms with Gasteiger partial charge in [0, 0.05) is 37.4 Å². The van der Waals surface area contributed by atoms with Crippen LogP contribution in [0.1, 0.15) is 41.7 Å². The third-order valence-electron chi connectivity index (χ3n) is 5.28. The quantitative estimate of drug-likeness (QED) is 0.698. The summed E-state index contributed by atoms with van der Waals surface area (Å²) in [5.74, 6) is -0.305. The molecule has 1 saturated carbocycles. The molecule has 2 N–H and O–H groups in total. The molecular weight excluding hydrogens is 449 g/mol. The number of hydrogen-bond acceptors (Lipinski definition) is 6. The molecule has 170 valence electrons. The lowest BCUT2D eigenvalue weighted by atomic mass is 10.1. The topological polar surface area (TPSA) is 100 Å². The molecule has 2 fully saturated rings. The lowest BCUT2D eigenvalue weighted by Crippen LogP contribution is -2.48. The first-order chi connectivity index (χ1) is 15.2. The number of alkyl halides is 3. The minimum Gasteiger partial charge on any atom is -0.353 e. The second-order valence-electron chi connectivity index (χ2n) is 7.81. The summed E-state index contributed by atoms with van der Waals surface area (Å²) in [5, 5.41) is 5.37. The maximum absolute atomic E-state index is 12.9. The Kier molecular flexibility index (Phi) is 6.18. The number of aromatic nitrogens is 3. The van der Waals surface area contributed by atoms with E-state index in [1.54, 1.807) is 4.90 Å². The minimum absolute atomic E-state index is 0.0186. The number of pyridine rings is 1. The van der Waals surface area contributed by atoms with Gasteiger partial charge < -0.3 is 10.2 Å². The van der Waals surface area contributed by atoms with Crippen LogP contribution in [0.3, 0.4) is 0 Å². The number of piperidine rings is 1. The van der Waals surface area contributed by atoms with E-state index >= 15 is 0 Å². The Morgan fingerprint density at radius 1 is 1.19 bits per heavy atom. The van der Waals surface area contributed by atoms with Crippen LogP contribution in [0.4, 0.5) is 24.9 Å². The molecule has 0 radical (unpaired) electrons. The van der Waals surface area contributed by atoms with Crippen molar-refractivity contribution in [2.75, 3.05) is 23.3 Å². The standard InChI is InChI=1S/C20H20ClF3N6O2/c21-14-8-12(20(22,23)24)9-26-16(14)30-7-1-2-13(10-30)27-18(32)15-5-6-25-19(28-15)29-17(31)11-3-4-11/h5-6,8-9,11,13H,1-4,7,10H2,(H,27,32)(H,25,28,29,31)/t13-/m0/s1. The molecule has 0 bridgehead atoms. The van der Waals surface area contributed by atoms with Gasteiger partial charge in [0.05, 0.1) is 10.6 Å². The van der Waals surface area contributed by atoms with Gasteiger partial charge in [-0.05, 0) is 37.8 Å². The summed E-state index contributed by atoms with van der Waals surface area (Å²) >= 11 is 6.06. The third kappa shape index (κ3) is 5.26. The van der Waals surface area contributed by atoms with E-state index in [1.165, 1.54) is 12.3 Å². The molecule has 0 aromatic carbocycles. The molecule has 2 aromatic rings. The summed E-state index contributed by atoms with van der Waals surface area (Å²) in [4.78, 5) is 38.3. The Labute approximate surface area is 186 Å². The lowest BCUT2D eigenvalue weighted by molar-refractivity contribution is -0.137. The largest absolute Gasteiger partial charge is 0.417 e. The van der Waals surface area contributed by atoms with Crippen LogP contribution in [-0.4, -0.2) is 45.9 Å². The fraction of sp³-hybridized carbons (Fsp3) is 0.450. The summed E-state index contributed by atoms with van der Waals surface area (Å²) in [7, 11) is 0. The summed E-state index contributed by atoms with van der Waals surface area (Å²) in [6, 6.07) is 2.01. The molecule has 32 heavy (non-hydrogen) atoms. The molecule has 1 aliphatic carbocycles. The van der Waals surface area contributed by atoms with Crippen molar-refractivity contribution in [1.82, 2.24) is 20.3 Å². The molecule has 2 amide bonds. The SMILES string of the molecule is O=C(N[C@H]1CCCN(c2ncc(C(F)(F)F)cc2Cl)C1)c1ccnc(NC(=O)C2CC2)n1. The molecule has 1 atom stereocenters. The Balaban J connectivity index is 1.40. The number of halogens is 4. The number of carbonyl (C=O) groups is 2. The molecular formula is C20H20ClF3N6O2. The van der Waals surface area contributed by atoms with E-state index in [-0.39, 0.29) is 40.3 Å². The summed E-state index contributed by atoms with van der Waals surface area (Å²) in [6.07, 6.45) is 0.657. The van der Waals surface area contributed by atoms with Crippen molar-refractivity contribution in [3.63, 3.8) is 0 Å². The van der Waals surface area contributed by atoms with Crippen molar-refractivity contribution in [2.45, 2.75) is 37.9 Å². The third-order valence-corrected chi connectivity index (χ3v) is 5.55.